The molecule has 0 radical (unpaired) electrons. The van der Waals surface area contributed by atoms with Crippen LogP contribution >= 0.6 is 11.6 Å². The highest BCUT2D eigenvalue weighted by Crippen LogP contribution is 2.16. The molecule has 6 heteroatoms. The third-order valence-electron chi connectivity index (χ3n) is 3.88. The van der Waals surface area contributed by atoms with Crippen molar-refractivity contribution in [1.29, 1.82) is 0 Å². The van der Waals surface area contributed by atoms with Gasteiger partial charge in [0.2, 0.25) is 0 Å². The largest absolute Gasteiger partial charge is 0.425 e. The van der Waals surface area contributed by atoms with E-state index in [9.17, 15) is 14.4 Å². The van der Waals surface area contributed by atoms with Crippen LogP contribution in [0, 0.1) is 5.92 Å². The lowest BCUT2D eigenvalue weighted by Gasteiger charge is -2.19. The zero-order valence-electron chi connectivity index (χ0n) is 15.5. The molecule has 1 N–H and O–H groups in total. The van der Waals surface area contributed by atoms with Gasteiger partial charge in [-0.1, -0.05) is 25.4 Å². The van der Waals surface area contributed by atoms with E-state index in [0.717, 1.165) is 0 Å². The molecule has 0 unspecified atom stereocenters. The highest BCUT2D eigenvalue weighted by molar-refractivity contribution is 6.30. The molecule has 2 aromatic carbocycles. The summed E-state index contributed by atoms with van der Waals surface area (Å²) in [6, 6.07) is 11.9. The molecule has 0 aromatic heterocycles. The Morgan fingerprint density at radius 3 is 2.04 bits per heavy atom. The van der Waals surface area contributed by atoms with E-state index in [0.29, 0.717) is 28.3 Å². The molecule has 0 bridgehead atoms. The maximum Gasteiger partial charge on any atom is 0.334 e. The summed E-state index contributed by atoms with van der Waals surface area (Å²) in [5.74, 6) is -0.503. The SMILES string of the molecule is CC(=O)c1ccc(OC(=O)[C@H](CC(C)C)NC(=O)c2ccc(Cl)cc2)cc1. The summed E-state index contributed by atoms with van der Waals surface area (Å²) < 4.78 is 5.38. The summed E-state index contributed by atoms with van der Waals surface area (Å²) in [4.78, 5) is 36.3. The topological polar surface area (TPSA) is 72.5 Å². The summed E-state index contributed by atoms with van der Waals surface area (Å²) in [6.07, 6.45) is 0.434. The minimum atomic E-state index is -0.791. The first kappa shape index (κ1) is 20.6. The number of halogens is 1. The van der Waals surface area contributed by atoms with E-state index >= 15 is 0 Å². The molecular weight excluding hydrogens is 366 g/mol. The zero-order valence-corrected chi connectivity index (χ0v) is 16.2. The van der Waals surface area contributed by atoms with Crippen molar-refractivity contribution in [1.82, 2.24) is 5.32 Å². The first-order chi connectivity index (χ1) is 12.8. The number of benzene rings is 2. The maximum atomic E-state index is 12.6. The number of nitrogens with one attached hydrogen (secondary N) is 1. The van der Waals surface area contributed by atoms with Gasteiger partial charge in [0.1, 0.15) is 11.8 Å². The second-order valence-electron chi connectivity index (χ2n) is 6.66. The Morgan fingerprint density at radius 1 is 0.963 bits per heavy atom. The molecule has 142 valence electrons. The normalized spacial score (nSPS) is 11.7. The van der Waals surface area contributed by atoms with E-state index in [1.54, 1.807) is 48.5 Å². The van der Waals surface area contributed by atoms with Crippen molar-refractivity contribution in [3.63, 3.8) is 0 Å². The summed E-state index contributed by atoms with van der Waals surface area (Å²) in [6.45, 7) is 5.37. The fraction of sp³-hybridized carbons (Fsp3) is 0.286. The van der Waals surface area contributed by atoms with Gasteiger partial charge < -0.3 is 10.1 Å². The second-order valence-corrected chi connectivity index (χ2v) is 7.10. The van der Waals surface area contributed by atoms with E-state index in [-0.39, 0.29) is 17.6 Å². The van der Waals surface area contributed by atoms with Crippen LogP contribution in [0.4, 0.5) is 0 Å². The third-order valence-corrected chi connectivity index (χ3v) is 4.13. The van der Waals surface area contributed by atoms with E-state index < -0.39 is 12.0 Å². The number of Topliss-reactive ketones (excluding diaryl/α,β-unsaturated/α-hetero) is 1. The van der Waals surface area contributed by atoms with Crippen molar-refractivity contribution < 1.29 is 19.1 Å². The van der Waals surface area contributed by atoms with Gasteiger partial charge in [0.05, 0.1) is 0 Å². The number of hydrogen-bond donors (Lipinski definition) is 1. The lowest BCUT2D eigenvalue weighted by Crippen LogP contribution is -2.43. The Morgan fingerprint density at radius 2 is 1.52 bits per heavy atom. The molecule has 0 heterocycles. The fourth-order valence-electron chi connectivity index (χ4n) is 2.47. The molecule has 0 aliphatic rings. The van der Waals surface area contributed by atoms with Crippen LogP contribution in [0.15, 0.2) is 48.5 Å². The monoisotopic (exact) mass is 387 g/mol. The Kier molecular flexibility index (Phi) is 7.13. The van der Waals surface area contributed by atoms with Crippen molar-refractivity contribution in [3.05, 3.63) is 64.7 Å². The molecule has 0 saturated carbocycles. The Balaban J connectivity index is 2.09. The minimum Gasteiger partial charge on any atom is -0.425 e. The van der Waals surface area contributed by atoms with E-state index in [4.69, 9.17) is 16.3 Å². The first-order valence-electron chi connectivity index (χ1n) is 8.65. The summed E-state index contributed by atoms with van der Waals surface area (Å²) in [7, 11) is 0. The van der Waals surface area contributed by atoms with Crippen LogP contribution < -0.4 is 10.1 Å². The van der Waals surface area contributed by atoms with Gasteiger partial charge in [-0.15, -0.1) is 0 Å². The van der Waals surface area contributed by atoms with E-state index in [1.807, 2.05) is 13.8 Å². The molecule has 0 spiro atoms. The fourth-order valence-corrected chi connectivity index (χ4v) is 2.60. The van der Waals surface area contributed by atoms with Gasteiger partial charge in [-0.25, -0.2) is 4.79 Å². The van der Waals surface area contributed by atoms with Gasteiger partial charge in [0, 0.05) is 16.1 Å². The number of amides is 1. The number of carbonyl (C=O) groups excluding carboxylic acids is 3. The molecule has 27 heavy (non-hydrogen) atoms. The Hall–Kier alpha value is -2.66. The van der Waals surface area contributed by atoms with Crippen LogP contribution in [-0.2, 0) is 4.79 Å². The average molecular weight is 388 g/mol. The zero-order chi connectivity index (χ0) is 20.0. The molecule has 1 amide bonds. The van der Waals surface area contributed by atoms with Gasteiger partial charge in [-0.05, 0) is 67.8 Å². The Labute approximate surface area is 163 Å². The molecule has 0 aliphatic heterocycles. The van der Waals surface area contributed by atoms with Crippen LogP contribution in [-0.4, -0.2) is 23.7 Å². The standard InChI is InChI=1S/C21H22ClNO4/c1-13(2)12-19(23-20(25)16-4-8-17(22)9-5-16)21(26)27-18-10-6-15(7-11-18)14(3)24/h4-11,13,19H,12H2,1-3H3,(H,23,25)/t19-/m0/s1. The third kappa shape index (κ3) is 6.22. The maximum absolute atomic E-state index is 12.6. The highest BCUT2D eigenvalue weighted by Gasteiger charge is 2.24. The first-order valence-corrected chi connectivity index (χ1v) is 9.03. The van der Waals surface area contributed by atoms with Gasteiger partial charge >= 0.3 is 5.97 Å². The van der Waals surface area contributed by atoms with Crippen LogP contribution in [0.25, 0.3) is 0 Å². The summed E-state index contributed by atoms with van der Waals surface area (Å²) in [5, 5.41) is 3.25. The smallest absolute Gasteiger partial charge is 0.334 e. The second kappa shape index (κ2) is 9.33. The van der Waals surface area contributed by atoms with E-state index in [1.165, 1.54) is 6.92 Å². The van der Waals surface area contributed by atoms with Crippen molar-refractivity contribution in [3.8, 4) is 5.75 Å². The Bertz CT molecular complexity index is 813. The predicted octanol–water partition coefficient (Wildman–Crippen LogP) is 4.29. The highest BCUT2D eigenvalue weighted by atomic mass is 35.5. The molecule has 5 nitrogen and oxygen atoms in total. The molecule has 2 aromatic rings. The molecule has 0 fully saturated rings. The van der Waals surface area contributed by atoms with Crippen molar-refractivity contribution in [2.45, 2.75) is 33.2 Å². The van der Waals surface area contributed by atoms with Crippen LogP contribution in [0.1, 0.15) is 47.9 Å². The predicted molar refractivity (Wildman–Crippen MR) is 104 cm³/mol. The van der Waals surface area contributed by atoms with Gasteiger partial charge in [-0.2, -0.15) is 0 Å². The number of hydrogen-bond acceptors (Lipinski definition) is 4. The minimum absolute atomic E-state index is 0.0687. The number of ether oxygens (including phenoxy) is 1. The molecule has 0 aliphatic carbocycles. The summed E-state index contributed by atoms with van der Waals surface area (Å²) in [5.41, 5.74) is 0.941. The number of carbonyl (C=O) groups is 3. The van der Waals surface area contributed by atoms with Crippen LogP contribution in [0.2, 0.25) is 5.02 Å². The number of esters is 1. The molecule has 0 saturated heterocycles. The van der Waals surface area contributed by atoms with Crippen molar-refractivity contribution >= 4 is 29.3 Å². The van der Waals surface area contributed by atoms with Crippen molar-refractivity contribution in [2.75, 3.05) is 0 Å². The quantitative estimate of drug-likeness (QED) is 0.437. The van der Waals surface area contributed by atoms with E-state index in [2.05, 4.69) is 5.32 Å². The van der Waals surface area contributed by atoms with Gasteiger partial charge in [-0.3, -0.25) is 9.59 Å². The molecular formula is C21H22ClNO4. The molecule has 2 rings (SSSR count). The van der Waals surface area contributed by atoms with Gasteiger partial charge in [0.15, 0.2) is 5.78 Å². The number of ketones is 1. The van der Waals surface area contributed by atoms with Crippen LogP contribution in [0.5, 0.6) is 5.75 Å². The average Bonchev–Trinajstić information content (AvgIpc) is 2.61. The number of rotatable bonds is 7. The summed E-state index contributed by atoms with van der Waals surface area (Å²) >= 11 is 5.84. The van der Waals surface area contributed by atoms with Crippen LogP contribution in [0.3, 0.4) is 0 Å². The molecule has 1 atom stereocenters. The van der Waals surface area contributed by atoms with Crippen molar-refractivity contribution in [2.24, 2.45) is 5.92 Å². The lowest BCUT2D eigenvalue weighted by molar-refractivity contribution is -0.137. The lowest BCUT2D eigenvalue weighted by atomic mass is 10.0. The van der Waals surface area contributed by atoms with Gasteiger partial charge in [0.25, 0.3) is 5.91 Å².